The van der Waals surface area contributed by atoms with Gasteiger partial charge >= 0.3 is 6.18 Å². The summed E-state index contributed by atoms with van der Waals surface area (Å²) < 4.78 is 69.3. The van der Waals surface area contributed by atoms with E-state index in [2.05, 4.69) is 20.9 Å². The number of carbonyl (C=O) groups excluding carboxylic acids is 3. The molecule has 0 bridgehead atoms. The van der Waals surface area contributed by atoms with E-state index in [1.165, 1.54) is 22.9 Å². The largest absolute Gasteiger partial charge is 0.416 e. The lowest BCUT2D eigenvalue weighted by molar-refractivity contribution is -0.137. The lowest BCUT2D eigenvalue weighted by atomic mass is 10.0. The van der Waals surface area contributed by atoms with E-state index in [1.807, 2.05) is 0 Å². The number of halogens is 6. The number of alkyl halides is 3. The lowest BCUT2D eigenvalue weighted by Crippen LogP contribution is -2.41. The number of fused-ring (bicyclic) bond motifs is 1. The maximum absolute atomic E-state index is 14.2. The van der Waals surface area contributed by atoms with E-state index in [9.17, 15) is 36.3 Å². The second kappa shape index (κ2) is 11.2. The van der Waals surface area contributed by atoms with E-state index < -0.39 is 52.7 Å². The fourth-order valence-corrected chi connectivity index (χ4v) is 4.79. The first kappa shape index (κ1) is 28.7. The molecule has 0 spiro atoms. The van der Waals surface area contributed by atoms with Crippen LogP contribution in [0.25, 0.3) is 0 Å². The molecule has 2 aromatic carbocycles. The van der Waals surface area contributed by atoms with Gasteiger partial charge in [0.05, 0.1) is 23.0 Å². The van der Waals surface area contributed by atoms with E-state index in [0.717, 1.165) is 12.1 Å². The predicted molar refractivity (Wildman–Crippen MR) is 141 cm³/mol. The molecule has 2 aromatic heterocycles. The van der Waals surface area contributed by atoms with Crippen molar-refractivity contribution in [3.63, 3.8) is 0 Å². The average Bonchev–Trinajstić information content (AvgIpc) is 3.30. The third-order valence-electron chi connectivity index (χ3n) is 6.43. The van der Waals surface area contributed by atoms with Gasteiger partial charge in [-0.15, -0.1) is 0 Å². The Kier molecular flexibility index (Phi) is 7.69. The molecule has 8 nitrogen and oxygen atoms in total. The molecule has 3 N–H and O–H groups in total. The van der Waals surface area contributed by atoms with Crippen LogP contribution in [-0.2, 0) is 24.1 Å². The van der Waals surface area contributed by atoms with Crippen molar-refractivity contribution in [1.82, 2.24) is 20.2 Å². The third-order valence-corrected chi connectivity index (χ3v) is 6.78. The summed E-state index contributed by atoms with van der Waals surface area (Å²) in [5.41, 5.74) is -1.37. The minimum atomic E-state index is -4.92. The van der Waals surface area contributed by atoms with Gasteiger partial charge in [0.1, 0.15) is 23.9 Å². The number of benzene rings is 2. The number of nitrogens with zero attached hydrogens (tertiary/aromatic N) is 2. The summed E-state index contributed by atoms with van der Waals surface area (Å²) >= 11 is 6.31. The molecule has 0 saturated carbocycles. The molecule has 0 fully saturated rings. The molecule has 3 heterocycles. The van der Waals surface area contributed by atoms with Crippen molar-refractivity contribution in [3.8, 4) is 0 Å². The highest BCUT2D eigenvalue weighted by atomic mass is 35.5. The van der Waals surface area contributed by atoms with Gasteiger partial charge in [-0.1, -0.05) is 17.7 Å². The Morgan fingerprint density at radius 1 is 1.05 bits per heavy atom. The van der Waals surface area contributed by atoms with Crippen LogP contribution < -0.4 is 16.0 Å². The van der Waals surface area contributed by atoms with E-state index in [1.54, 1.807) is 18.3 Å². The van der Waals surface area contributed by atoms with Crippen LogP contribution >= 0.6 is 11.6 Å². The Morgan fingerprint density at radius 3 is 2.55 bits per heavy atom. The Bertz CT molecular complexity index is 1710. The maximum atomic E-state index is 14.2. The first-order valence-electron chi connectivity index (χ1n) is 12.2. The average molecular weight is 604 g/mol. The highest BCUT2D eigenvalue weighted by Gasteiger charge is 2.35. The van der Waals surface area contributed by atoms with Crippen LogP contribution in [0.3, 0.4) is 0 Å². The van der Waals surface area contributed by atoms with Gasteiger partial charge in [0.15, 0.2) is 0 Å². The molecule has 1 aliphatic heterocycles. The highest BCUT2D eigenvalue weighted by Crippen LogP contribution is 2.38. The summed E-state index contributed by atoms with van der Waals surface area (Å²) in [7, 11) is 0. The number of nitrogens with one attached hydrogen (secondary N) is 3. The van der Waals surface area contributed by atoms with Gasteiger partial charge in [-0.25, -0.2) is 8.78 Å². The summed E-state index contributed by atoms with van der Waals surface area (Å²) in [5.74, 6) is -4.34. The van der Waals surface area contributed by atoms with Crippen molar-refractivity contribution in [2.45, 2.75) is 25.3 Å². The summed E-state index contributed by atoms with van der Waals surface area (Å²) in [6.45, 7) is -0.327. The maximum Gasteiger partial charge on any atom is 0.416 e. The standard InChI is InChI=1S/C28H19ClF5N5O3/c29-20-4-3-17(30)9-19(20)24-25-21(37-26(41)15-6-16(28(32,33)34)8-18(31)7-15)10-22(39(25)13-23(40)38-24)27(42)36-12-14-2-1-5-35-11-14/h1-11,24H,12-13H2,(H,36,42)(H,37,41)(H,38,40). The van der Waals surface area contributed by atoms with Crippen LogP contribution in [0.5, 0.6) is 0 Å². The number of hydrogen-bond donors (Lipinski definition) is 3. The van der Waals surface area contributed by atoms with Crippen LogP contribution in [0.1, 0.15) is 49.3 Å². The molecule has 42 heavy (non-hydrogen) atoms. The Hall–Kier alpha value is -4.78. The van der Waals surface area contributed by atoms with E-state index in [0.29, 0.717) is 17.7 Å². The quantitative estimate of drug-likeness (QED) is 0.262. The second-order valence-electron chi connectivity index (χ2n) is 9.31. The SMILES string of the molecule is O=C1Cn2c(C(=O)NCc3cccnc3)cc(NC(=O)c3cc(F)cc(C(F)(F)F)c3)c2C(c2cc(F)ccc2Cl)N1. The van der Waals surface area contributed by atoms with Crippen molar-refractivity contribution in [2.75, 3.05) is 5.32 Å². The Morgan fingerprint density at radius 2 is 1.83 bits per heavy atom. The first-order chi connectivity index (χ1) is 19.9. The molecule has 14 heteroatoms. The van der Waals surface area contributed by atoms with Crippen molar-refractivity contribution < 1.29 is 36.3 Å². The molecule has 1 aliphatic rings. The molecule has 1 atom stereocenters. The van der Waals surface area contributed by atoms with Gasteiger partial charge in [0, 0.05) is 35.1 Å². The van der Waals surface area contributed by atoms with Crippen LogP contribution in [0.2, 0.25) is 5.02 Å². The van der Waals surface area contributed by atoms with Gasteiger partial charge in [0.25, 0.3) is 11.8 Å². The van der Waals surface area contributed by atoms with Crippen molar-refractivity contribution in [3.05, 3.63) is 117 Å². The molecule has 1 unspecified atom stereocenters. The first-order valence-corrected chi connectivity index (χ1v) is 12.6. The lowest BCUT2D eigenvalue weighted by Gasteiger charge is -2.29. The van der Waals surface area contributed by atoms with Crippen LogP contribution in [0.4, 0.5) is 27.6 Å². The predicted octanol–water partition coefficient (Wildman–Crippen LogP) is 5.24. The molecule has 0 radical (unpaired) electrons. The number of rotatable bonds is 6. The molecular formula is C28H19ClF5N5O3. The molecule has 5 rings (SSSR count). The topological polar surface area (TPSA) is 105 Å². The monoisotopic (exact) mass is 603 g/mol. The second-order valence-corrected chi connectivity index (χ2v) is 9.71. The molecular weight excluding hydrogens is 585 g/mol. The van der Waals surface area contributed by atoms with Crippen LogP contribution in [0, 0.1) is 11.6 Å². The minimum absolute atomic E-state index is 0.0520. The van der Waals surface area contributed by atoms with Crippen LogP contribution in [0.15, 0.2) is 67.0 Å². The smallest absolute Gasteiger partial charge is 0.347 e. The fourth-order valence-electron chi connectivity index (χ4n) is 4.57. The van der Waals surface area contributed by atoms with Crippen molar-refractivity contribution >= 4 is 35.0 Å². The van der Waals surface area contributed by atoms with Crippen molar-refractivity contribution in [2.24, 2.45) is 0 Å². The van der Waals surface area contributed by atoms with Gasteiger partial charge in [0.2, 0.25) is 5.91 Å². The minimum Gasteiger partial charge on any atom is -0.347 e. The molecule has 0 saturated heterocycles. The van der Waals surface area contributed by atoms with Gasteiger partial charge in [-0.2, -0.15) is 13.2 Å². The number of hydrogen-bond acceptors (Lipinski definition) is 4. The molecule has 3 amide bonds. The van der Waals surface area contributed by atoms with Gasteiger partial charge in [-0.3, -0.25) is 19.4 Å². The zero-order valence-corrected chi connectivity index (χ0v) is 22.0. The normalized spacial score (nSPS) is 14.6. The number of pyridine rings is 1. The molecule has 216 valence electrons. The van der Waals surface area contributed by atoms with E-state index in [-0.39, 0.29) is 46.8 Å². The Labute approximate surface area is 239 Å². The number of carbonyl (C=O) groups is 3. The van der Waals surface area contributed by atoms with Gasteiger partial charge in [-0.05, 0) is 54.1 Å². The molecule has 4 aromatic rings. The summed E-state index contributed by atoms with van der Waals surface area (Å²) in [6.07, 6.45) is -1.84. The van der Waals surface area contributed by atoms with Crippen molar-refractivity contribution in [1.29, 1.82) is 0 Å². The number of amides is 3. The Balaban J connectivity index is 1.58. The summed E-state index contributed by atoms with van der Waals surface area (Å²) in [4.78, 5) is 43.1. The van der Waals surface area contributed by atoms with Crippen LogP contribution in [-0.4, -0.2) is 27.3 Å². The zero-order chi connectivity index (χ0) is 30.2. The molecule has 0 aliphatic carbocycles. The summed E-state index contributed by atoms with van der Waals surface area (Å²) in [5, 5.41) is 7.80. The highest BCUT2D eigenvalue weighted by molar-refractivity contribution is 6.31. The van der Waals surface area contributed by atoms with Gasteiger partial charge < -0.3 is 20.5 Å². The number of anilines is 1. The number of aromatic nitrogens is 2. The third kappa shape index (κ3) is 5.96. The van der Waals surface area contributed by atoms with E-state index >= 15 is 0 Å². The zero-order valence-electron chi connectivity index (χ0n) is 21.2. The summed E-state index contributed by atoms with van der Waals surface area (Å²) in [6, 6.07) is 8.19. The van der Waals surface area contributed by atoms with E-state index in [4.69, 9.17) is 11.6 Å². The fraction of sp³-hybridized carbons (Fsp3) is 0.143.